The van der Waals surface area contributed by atoms with Gasteiger partial charge in [-0.25, -0.2) is 4.79 Å². The lowest BCUT2D eigenvalue weighted by Gasteiger charge is -2.47. The van der Waals surface area contributed by atoms with Crippen LogP contribution in [0, 0.1) is 6.92 Å². The van der Waals surface area contributed by atoms with Gasteiger partial charge in [0.2, 0.25) is 5.91 Å². The molecule has 5 heteroatoms. The van der Waals surface area contributed by atoms with Crippen molar-refractivity contribution >= 4 is 11.9 Å². The second-order valence-corrected chi connectivity index (χ2v) is 7.72. The Morgan fingerprint density at radius 3 is 2.64 bits per heavy atom. The summed E-state index contributed by atoms with van der Waals surface area (Å²) < 4.78 is 0. The summed E-state index contributed by atoms with van der Waals surface area (Å²) in [5.74, 6) is 0.275. The fourth-order valence-corrected chi connectivity index (χ4v) is 4.77. The van der Waals surface area contributed by atoms with Crippen LogP contribution in [0.2, 0.25) is 0 Å². The number of carbonyl (C=O) groups is 2. The minimum atomic E-state index is -0.333. The monoisotopic (exact) mass is 341 g/mol. The van der Waals surface area contributed by atoms with E-state index in [1.54, 1.807) is 0 Å². The van der Waals surface area contributed by atoms with Crippen LogP contribution in [0.5, 0.6) is 0 Å². The first-order valence-electron chi connectivity index (χ1n) is 9.52. The molecular formula is C20H27N3O2. The van der Waals surface area contributed by atoms with E-state index in [9.17, 15) is 9.59 Å². The molecule has 1 N–H and O–H groups in total. The van der Waals surface area contributed by atoms with Gasteiger partial charge in [0.1, 0.15) is 0 Å². The standard InChI is InChI=1S/C20H27N3O2/c1-15-6-2-3-8-17(15)20(9-5-10-20)18(24)22-12-4-7-16(14-22)23-13-11-21-19(23)25/h2-3,6,8,16H,4-5,7,9-14H2,1H3,(H,21,25). The van der Waals surface area contributed by atoms with Gasteiger partial charge in [-0.05, 0) is 43.7 Å². The fraction of sp³-hybridized carbons (Fsp3) is 0.600. The van der Waals surface area contributed by atoms with Gasteiger partial charge in [-0.3, -0.25) is 4.79 Å². The summed E-state index contributed by atoms with van der Waals surface area (Å²) in [6, 6.07) is 8.51. The highest BCUT2D eigenvalue weighted by Gasteiger charge is 2.49. The first-order chi connectivity index (χ1) is 12.1. The molecular weight excluding hydrogens is 314 g/mol. The molecule has 134 valence electrons. The van der Waals surface area contributed by atoms with Gasteiger partial charge in [0.25, 0.3) is 0 Å². The fourth-order valence-electron chi connectivity index (χ4n) is 4.77. The maximum Gasteiger partial charge on any atom is 0.317 e. The summed E-state index contributed by atoms with van der Waals surface area (Å²) in [5, 5.41) is 2.88. The molecule has 1 unspecified atom stereocenters. The Bertz CT molecular complexity index is 683. The number of benzene rings is 1. The SMILES string of the molecule is Cc1ccccc1C1(C(=O)N2CCCC(N3CCNC3=O)C2)CCC1. The van der Waals surface area contributed by atoms with Gasteiger partial charge in [-0.15, -0.1) is 0 Å². The molecule has 0 radical (unpaired) electrons. The Labute approximate surface area is 149 Å². The van der Waals surface area contributed by atoms with Crippen molar-refractivity contribution < 1.29 is 9.59 Å². The summed E-state index contributed by atoms with van der Waals surface area (Å²) >= 11 is 0. The normalized spacial score (nSPS) is 25.5. The minimum Gasteiger partial charge on any atom is -0.340 e. The molecule has 3 aliphatic rings. The number of rotatable bonds is 3. The van der Waals surface area contributed by atoms with Crippen molar-refractivity contribution in [3.63, 3.8) is 0 Å². The maximum atomic E-state index is 13.5. The van der Waals surface area contributed by atoms with E-state index in [4.69, 9.17) is 0 Å². The molecule has 0 bridgehead atoms. The Hall–Kier alpha value is -2.04. The number of aryl methyl sites for hydroxylation is 1. The number of hydrogen-bond donors (Lipinski definition) is 1. The number of piperidine rings is 1. The maximum absolute atomic E-state index is 13.5. The highest BCUT2D eigenvalue weighted by atomic mass is 16.2. The van der Waals surface area contributed by atoms with E-state index >= 15 is 0 Å². The van der Waals surface area contributed by atoms with Gasteiger partial charge < -0.3 is 15.1 Å². The zero-order chi connectivity index (χ0) is 17.4. The van der Waals surface area contributed by atoms with Gasteiger partial charge in [-0.1, -0.05) is 30.7 Å². The summed E-state index contributed by atoms with van der Waals surface area (Å²) in [7, 11) is 0. The van der Waals surface area contributed by atoms with Crippen LogP contribution in [0.15, 0.2) is 24.3 Å². The third-order valence-electron chi connectivity index (χ3n) is 6.29. The molecule has 1 aromatic carbocycles. The second kappa shape index (κ2) is 6.36. The average Bonchev–Trinajstić information content (AvgIpc) is 3.01. The van der Waals surface area contributed by atoms with Crippen LogP contribution >= 0.6 is 0 Å². The molecule has 2 saturated heterocycles. The number of nitrogens with one attached hydrogen (secondary N) is 1. The van der Waals surface area contributed by atoms with Gasteiger partial charge in [-0.2, -0.15) is 0 Å². The zero-order valence-corrected chi connectivity index (χ0v) is 15.0. The number of urea groups is 1. The van der Waals surface area contributed by atoms with Crippen LogP contribution in [0.1, 0.15) is 43.2 Å². The van der Waals surface area contributed by atoms with Crippen LogP contribution in [-0.4, -0.2) is 54.0 Å². The predicted molar refractivity (Wildman–Crippen MR) is 96.4 cm³/mol. The number of nitrogens with zero attached hydrogens (tertiary/aromatic N) is 2. The number of amides is 3. The van der Waals surface area contributed by atoms with E-state index in [-0.39, 0.29) is 23.4 Å². The van der Waals surface area contributed by atoms with Crippen molar-refractivity contribution in [3.05, 3.63) is 35.4 Å². The van der Waals surface area contributed by atoms with Gasteiger partial charge >= 0.3 is 6.03 Å². The number of carbonyl (C=O) groups excluding carboxylic acids is 2. The lowest BCUT2D eigenvalue weighted by molar-refractivity contribution is -0.143. The van der Waals surface area contributed by atoms with Crippen LogP contribution in [0.3, 0.4) is 0 Å². The van der Waals surface area contributed by atoms with E-state index < -0.39 is 0 Å². The molecule has 1 aliphatic carbocycles. The molecule has 1 aromatic rings. The Kier molecular flexibility index (Phi) is 4.18. The van der Waals surface area contributed by atoms with Crippen LogP contribution in [0.25, 0.3) is 0 Å². The van der Waals surface area contributed by atoms with Crippen molar-refractivity contribution in [1.29, 1.82) is 0 Å². The van der Waals surface area contributed by atoms with Crippen LogP contribution in [-0.2, 0) is 10.2 Å². The molecule has 1 saturated carbocycles. The molecule has 25 heavy (non-hydrogen) atoms. The van der Waals surface area contributed by atoms with Gasteiger partial charge in [0.05, 0.1) is 11.5 Å². The Balaban J connectivity index is 1.55. The smallest absolute Gasteiger partial charge is 0.317 e. The average molecular weight is 341 g/mol. The van der Waals surface area contributed by atoms with Crippen molar-refractivity contribution in [2.24, 2.45) is 0 Å². The summed E-state index contributed by atoms with van der Waals surface area (Å²) in [5.41, 5.74) is 2.08. The Morgan fingerprint density at radius 2 is 2.00 bits per heavy atom. The third-order valence-corrected chi connectivity index (χ3v) is 6.29. The third kappa shape index (κ3) is 2.70. The largest absolute Gasteiger partial charge is 0.340 e. The first kappa shape index (κ1) is 16.4. The van der Waals surface area contributed by atoms with Crippen LogP contribution in [0.4, 0.5) is 4.79 Å². The van der Waals surface area contributed by atoms with Crippen molar-refractivity contribution in [2.45, 2.75) is 50.5 Å². The topological polar surface area (TPSA) is 52.7 Å². The van der Waals surface area contributed by atoms with Crippen molar-refractivity contribution in [1.82, 2.24) is 15.1 Å². The molecule has 0 aromatic heterocycles. The molecule has 1 atom stereocenters. The number of likely N-dealkylation sites (tertiary alicyclic amines) is 1. The molecule has 3 amide bonds. The van der Waals surface area contributed by atoms with E-state index in [2.05, 4.69) is 24.4 Å². The molecule has 0 spiro atoms. The lowest BCUT2D eigenvalue weighted by Crippen LogP contribution is -2.57. The van der Waals surface area contributed by atoms with Crippen LogP contribution < -0.4 is 5.32 Å². The highest BCUT2D eigenvalue weighted by Crippen LogP contribution is 2.46. The molecule has 5 nitrogen and oxygen atoms in total. The van der Waals surface area contributed by atoms with Crippen molar-refractivity contribution in [3.8, 4) is 0 Å². The Morgan fingerprint density at radius 1 is 1.20 bits per heavy atom. The van der Waals surface area contributed by atoms with Gasteiger partial charge in [0, 0.05) is 26.2 Å². The summed E-state index contributed by atoms with van der Waals surface area (Å²) in [6.45, 7) is 5.08. The van der Waals surface area contributed by atoms with E-state index in [0.29, 0.717) is 6.54 Å². The quantitative estimate of drug-likeness (QED) is 0.918. The molecule has 2 heterocycles. The zero-order valence-electron chi connectivity index (χ0n) is 15.0. The summed E-state index contributed by atoms with van der Waals surface area (Å²) in [4.78, 5) is 29.4. The van der Waals surface area contributed by atoms with E-state index in [1.807, 2.05) is 21.9 Å². The second-order valence-electron chi connectivity index (χ2n) is 7.72. The predicted octanol–water partition coefficient (Wildman–Crippen LogP) is 2.43. The number of hydrogen-bond acceptors (Lipinski definition) is 2. The molecule has 4 rings (SSSR count). The van der Waals surface area contributed by atoms with Crippen molar-refractivity contribution in [2.75, 3.05) is 26.2 Å². The molecule has 2 aliphatic heterocycles. The first-order valence-corrected chi connectivity index (χ1v) is 9.52. The van der Waals surface area contributed by atoms with E-state index in [1.165, 1.54) is 11.1 Å². The highest BCUT2D eigenvalue weighted by molar-refractivity contribution is 5.90. The summed E-state index contributed by atoms with van der Waals surface area (Å²) in [6.07, 6.45) is 4.98. The van der Waals surface area contributed by atoms with Gasteiger partial charge in [0.15, 0.2) is 0 Å². The lowest BCUT2D eigenvalue weighted by atomic mass is 9.62. The molecule has 3 fully saturated rings. The van der Waals surface area contributed by atoms with E-state index in [0.717, 1.165) is 51.7 Å². The minimum absolute atomic E-state index is 0.0246.